The largest absolute Gasteiger partial charge is 0.434 e. The molecule has 2 nitrogen and oxygen atoms in total. The summed E-state index contributed by atoms with van der Waals surface area (Å²) in [5.74, 6) is -0.233. The van der Waals surface area contributed by atoms with Crippen LogP contribution in [-0.4, -0.2) is 4.98 Å². The third-order valence-corrected chi connectivity index (χ3v) is 2.86. The zero-order valence-electron chi connectivity index (χ0n) is 9.42. The molecular formula is C11H5F6NOS. The van der Waals surface area contributed by atoms with Crippen molar-refractivity contribution in [2.24, 2.45) is 0 Å². The van der Waals surface area contributed by atoms with Gasteiger partial charge in [0.25, 0.3) is 5.19 Å². The lowest BCUT2D eigenvalue weighted by atomic mass is 10.2. The van der Waals surface area contributed by atoms with Crippen LogP contribution in [0.15, 0.2) is 29.6 Å². The minimum Gasteiger partial charge on any atom is -0.431 e. The average Bonchev–Trinajstić information content (AvgIpc) is 2.76. The molecule has 2 aromatic rings. The molecule has 9 heteroatoms. The van der Waals surface area contributed by atoms with Crippen molar-refractivity contribution in [2.75, 3.05) is 0 Å². The first-order valence-electron chi connectivity index (χ1n) is 5.04. The van der Waals surface area contributed by atoms with Crippen LogP contribution in [0.4, 0.5) is 26.3 Å². The molecule has 0 bridgehead atoms. The fraction of sp³-hybridized carbons (Fsp3) is 0.182. The second-order valence-corrected chi connectivity index (χ2v) is 4.44. The Hall–Kier alpha value is -1.77. The topological polar surface area (TPSA) is 22.1 Å². The van der Waals surface area contributed by atoms with E-state index in [2.05, 4.69) is 4.98 Å². The fourth-order valence-corrected chi connectivity index (χ4v) is 1.97. The van der Waals surface area contributed by atoms with Crippen molar-refractivity contribution < 1.29 is 31.1 Å². The molecule has 0 aliphatic heterocycles. The average molecular weight is 313 g/mol. The summed E-state index contributed by atoms with van der Waals surface area (Å²) in [5.41, 5.74) is -2.10. The number of hydrogen-bond acceptors (Lipinski definition) is 3. The summed E-state index contributed by atoms with van der Waals surface area (Å²) in [6.45, 7) is 0. The summed E-state index contributed by atoms with van der Waals surface area (Å²) in [4.78, 5) is 3.16. The van der Waals surface area contributed by atoms with E-state index in [0.717, 1.165) is 17.5 Å². The van der Waals surface area contributed by atoms with Gasteiger partial charge < -0.3 is 4.74 Å². The van der Waals surface area contributed by atoms with Crippen molar-refractivity contribution in [3.05, 3.63) is 40.9 Å². The Labute approximate surface area is 112 Å². The molecule has 1 aromatic heterocycles. The molecule has 0 N–H and O–H groups in total. The number of benzene rings is 1. The predicted octanol–water partition coefficient (Wildman–Crippen LogP) is 4.97. The molecule has 0 aliphatic carbocycles. The highest BCUT2D eigenvalue weighted by Gasteiger charge is 2.34. The lowest BCUT2D eigenvalue weighted by molar-refractivity contribution is -0.141. The van der Waals surface area contributed by atoms with Crippen molar-refractivity contribution >= 4 is 11.3 Å². The molecule has 0 saturated heterocycles. The van der Waals surface area contributed by atoms with E-state index in [1.54, 1.807) is 0 Å². The highest BCUT2D eigenvalue weighted by atomic mass is 32.1. The van der Waals surface area contributed by atoms with E-state index in [0.29, 0.717) is 17.4 Å². The first kappa shape index (κ1) is 14.6. The molecule has 0 radical (unpaired) electrons. The van der Waals surface area contributed by atoms with Gasteiger partial charge in [-0.05, 0) is 18.2 Å². The van der Waals surface area contributed by atoms with Gasteiger partial charge in [0.1, 0.15) is 5.75 Å². The predicted molar refractivity (Wildman–Crippen MR) is 58.6 cm³/mol. The smallest absolute Gasteiger partial charge is 0.431 e. The monoisotopic (exact) mass is 313 g/mol. The third kappa shape index (κ3) is 3.41. The van der Waals surface area contributed by atoms with Crippen LogP contribution < -0.4 is 4.74 Å². The van der Waals surface area contributed by atoms with E-state index >= 15 is 0 Å². The fourth-order valence-electron chi connectivity index (χ4n) is 1.27. The molecule has 0 unspecified atom stereocenters. The summed E-state index contributed by atoms with van der Waals surface area (Å²) < 4.78 is 79.1. The highest BCUT2D eigenvalue weighted by Crippen LogP contribution is 2.36. The molecule has 0 aliphatic rings. The Morgan fingerprint density at radius 1 is 1.00 bits per heavy atom. The summed E-state index contributed by atoms with van der Waals surface area (Å²) in [6, 6.07) is 3.81. The van der Waals surface area contributed by atoms with Crippen LogP contribution in [0.2, 0.25) is 0 Å². The van der Waals surface area contributed by atoms with E-state index in [9.17, 15) is 26.3 Å². The van der Waals surface area contributed by atoms with Crippen LogP contribution in [0, 0.1) is 0 Å². The molecule has 2 rings (SSSR count). The van der Waals surface area contributed by atoms with Gasteiger partial charge in [0, 0.05) is 5.38 Å². The van der Waals surface area contributed by atoms with Gasteiger partial charge in [-0.15, -0.1) is 0 Å². The maximum atomic E-state index is 12.4. The van der Waals surface area contributed by atoms with Crippen molar-refractivity contribution in [1.29, 1.82) is 0 Å². The van der Waals surface area contributed by atoms with Crippen LogP contribution in [0.3, 0.4) is 0 Å². The molecule has 1 heterocycles. The Morgan fingerprint density at radius 3 is 2.25 bits per heavy atom. The molecule has 0 spiro atoms. The third-order valence-electron chi connectivity index (χ3n) is 2.14. The quantitative estimate of drug-likeness (QED) is 0.730. The van der Waals surface area contributed by atoms with E-state index in [1.165, 1.54) is 6.07 Å². The Bertz CT molecular complexity index is 603. The standard InChI is InChI=1S/C11H5F6NOS/c12-10(13,14)6-2-1-3-7(4-6)19-9-18-8(5-20-9)11(15,16)17/h1-5H. The number of rotatable bonds is 2. The first-order valence-corrected chi connectivity index (χ1v) is 5.92. The second kappa shape index (κ2) is 4.97. The Morgan fingerprint density at radius 2 is 1.70 bits per heavy atom. The molecule has 20 heavy (non-hydrogen) atoms. The molecule has 0 fully saturated rings. The Kier molecular flexibility index (Phi) is 3.63. The highest BCUT2D eigenvalue weighted by molar-refractivity contribution is 7.11. The van der Waals surface area contributed by atoms with Crippen molar-refractivity contribution in [3.8, 4) is 10.9 Å². The van der Waals surface area contributed by atoms with Crippen molar-refractivity contribution in [3.63, 3.8) is 0 Å². The van der Waals surface area contributed by atoms with Crippen LogP contribution in [0.5, 0.6) is 10.9 Å². The number of aromatic nitrogens is 1. The van der Waals surface area contributed by atoms with Crippen LogP contribution in [-0.2, 0) is 12.4 Å². The van der Waals surface area contributed by atoms with Crippen molar-refractivity contribution in [1.82, 2.24) is 4.98 Å². The van der Waals surface area contributed by atoms with Gasteiger partial charge in [0.15, 0.2) is 5.69 Å². The van der Waals surface area contributed by atoms with E-state index in [1.807, 2.05) is 0 Å². The number of halogens is 6. The van der Waals surface area contributed by atoms with Gasteiger partial charge >= 0.3 is 12.4 Å². The van der Waals surface area contributed by atoms with E-state index < -0.39 is 23.6 Å². The first-order chi connectivity index (χ1) is 9.16. The van der Waals surface area contributed by atoms with Gasteiger partial charge in [-0.2, -0.15) is 31.3 Å². The van der Waals surface area contributed by atoms with Gasteiger partial charge in [-0.25, -0.2) is 0 Å². The molecule has 0 atom stereocenters. The molecule has 0 saturated carbocycles. The minimum atomic E-state index is -4.62. The normalized spacial score (nSPS) is 12.5. The number of nitrogens with zero attached hydrogens (tertiary/aromatic N) is 1. The second-order valence-electron chi connectivity index (χ2n) is 3.62. The van der Waals surface area contributed by atoms with Gasteiger partial charge in [0.2, 0.25) is 0 Å². The molecule has 1 aromatic carbocycles. The molecule has 108 valence electrons. The SMILES string of the molecule is FC(F)(F)c1cccc(Oc2nc(C(F)(F)F)cs2)c1. The molecule has 0 amide bonds. The van der Waals surface area contributed by atoms with Crippen LogP contribution >= 0.6 is 11.3 Å². The Balaban J connectivity index is 2.20. The maximum absolute atomic E-state index is 12.4. The molecular weight excluding hydrogens is 308 g/mol. The van der Waals surface area contributed by atoms with Crippen LogP contribution in [0.1, 0.15) is 11.3 Å². The number of thiazole rings is 1. The van der Waals surface area contributed by atoms with Gasteiger partial charge in [-0.3, -0.25) is 0 Å². The van der Waals surface area contributed by atoms with Gasteiger partial charge in [0.05, 0.1) is 5.56 Å². The van der Waals surface area contributed by atoms with Crippen molar-refractivity contribution in [2.45, 2.75) is 12.4 Å². The van der Waals surface area contributed by atoms with Gasteiger partial charge in [-0.1, -0.05) is 17.4 Å². The summed E-state index contributed by atoms with van der Waals surface area (Å²) in [5, 5.41) is 0.347. The zero-order chi connectivity index (χ0) is 15.0. The maximum Gasteiger partial charge on any atom is 0.434 e. The van der Waals surface area contributed by atoms with Crippen LogP contribution in [0.25, 0.3) is 0 Å². The number of hydrogen-bond donors (Lipinski definition) is 0. The summed E-state index contributed by atoms with van der Waals surface area (Å²) in [7, 11) is 0. The summed E-state index contributed by atoms with van der Waals surface area (Å²) in [6.07, 6.45) is -9.18. The number of ether oxygens (including phenoxy) is 1. The zero-order valence-corrected chi connectivity index (χ0v) is 10.2. The van der Waals surface area contributed by atoms with E-state index in [-0.39, 0.29) is 10.9 Å². The number of alkyl halides is 6. The van der Waals surface area contributed by atoms with E-state index in [4.69, 9.17) is 4.74 Å². The lowest BCUT2D eigenvalue weighted by Gasteiger charge is -2.08. The summed E-state index contributed by atoms with van der Waals surface area (Å²) >= 11 is 0.550. The minimum absolute atomic E-state index is 0.233. The lowest BCUT2D eigenvalue weighted by Crippen LogP contribution is -2.05.